The van der Waals surface area contributed by atoms with E-state index in [1.54, 1.807) is 0 Å². The summed E-state index contributed by atoms with van der Waals surface area (Å²) in [6, 6.07) is 8.61. The summed E-state index contributed by atoms with van der Waals surface area (Å²) in [6.45, 7) is 10.4. The van der Waals surface area contributed by atoms with Crippen LogP contribution in [0.1, 0.15) is 209 Å². The van der Waals surface area contributed by atoms with Crippen LogP contribution in [0.2, 0.25) is 0 Å². The van der Waals surface area contributed by atoms with Gasteiger partial charge in [-0.05, 0) is 145 Å². The zero-order valence-electron chi connectivity index (χ0n) is 43.2. The van der Waals surface area contributed by atoms with Crippen LogP contribution in [0.5, 0.6) is 0 Å². The average Bonchev–Trinajstić information content (AvgIpc) is 3.97. The van der Waals surface area contributed by atoms with Gasteiger partial charge in [0.25, 0.3) is 0 Å². The number of aromatic nitrogens is 3. The Labute approximate surface area is 478 Å². The fourth-order valence-electron chi connectivity index (χ4n) is 13.7. The maximum atomic E-state index is 11.6. The van der Waals surface area contributed by atoms with E-state index in [4.69, 9.17) is 10.9 Å². The Morgan fingerprint density at radius 3 is 1.29 bits per heavy atom. The number of hydrogen-bond acceptors (Lipinski definition) is 12. The number of nitrogens with one attached hydrogen (secondary N) is 1. The first-order valence-corrected chi connectivity index (χ1v) is 39.8. The fourth-order valence-corrected chi connectivity index (χ4v) is 13.7. The summed E-state index contributed by atoms with van der Waals surface area (Å²) >= 11 is 7.39. The van der Waals surface area contributed by atoms with Crippen molar-refractivity contribution in [3.05, 3.63) is 11.6 Å². The molecule has 14 nitrogen and oxygen atoms in total. The third kappa shape index (κ3) is 18.2. The van der Waals surface area contributed by atoms with Crippen molar-refractivity contribution in [2.75, 3.05) is 35.2 Å². The number of carbonyl (C=O) groups excluding carboxylic acids is 2. The van der Waals surface area contributed by atoms with Gasteiger partial charge in [-0.15, -0.1) is 10.2 Å². The van der Waals surface area contributed by atoms with E-state index >= 15 is 0 Å². The van der Waals surface area contributed by atoms with Crippen molar-refractivity contribution in [3.63, 3.8) is 0 Å². The van der Waals surface area contributed by atoms with Gasteiger partial charge >= 0.3 is 64.9 Å². The first-order valence-electron chi connectivity index (χ1n) is 26.3. The van der Waals surface area contributed by atoms with E-state index in [0.29, 0.717) is 66.1 Å². The molecule has 11 heterocycles. The molecule has 10 unspecified atom stereocenters. The van der Waals surface area contributed by atoms with E-state index in [9.17, 15) is 9.59 Å². The summed E-state index contributed by atoms with van der Waals surface area (Å²) in [5.74, 6) is 3.52. The summed E-state index contributed by atoms with van der Waals surface area (Å²) in [7, 11) is 11.1. The van der Waals surface area contributed by atoms with Crippen LogP contribution in [0.15, 0.2) is 5.16 Å². The zero-order valence-corrected chi connectivity index (χ0v) is 51.1. The average molecular weight is 1390 g/mol. The zero-order chi connectivity index (χ0) is 49.6. The second kappa shape index (κ2) is 31.8. The number of ketones is 1. The maximum absolute atomic E-state index is 11.6. The molecule has 10 saturated heterocycles. The molecule has 0 saturated carbocycles. The molecule has 0 radical (unpaired) electrons. The number of halogens is 3. The Morgan fingerprint density at radius 2 is 0.931 bits per heavy atom. The van der Waals surface area contributed by atoms with E-state index in [1.165, 1.54) is 95.7 Å². The Bertz CT molecular complexity index is 1730. The number of amides is 1. The molecule has 10 atom stereocenters. The van der Waals surface area contributed by atoms with Gasteiger partial charge in [-0.1, -0.05) is 62.6 Å². The van der Waals surface area contributed by atoms with Crippen molar-refractivity contribution in [2.24, 2.45) is 16.8 Å². The predicted octanol–water partition coefficient (Wildman–Crippen LogP) is 11.5. The normalized spacial score (nSPS) is 34.2. The number of rotatable bonds is 4. The van der Waals surface area contributed by atoms with Gasteiger partial charge in [0.05, 0.1) is 5.71 Å². The molecular formula is C54H105I3N11O3V. The number of piperidine rings is 5. The Balaban J connectivity index is 0.000000303. The summed E-state index contributed by atoms with van der Waals surface area (Å²) in [4.78, 5) is 34.8. The second-order valence-corrected chi connectivity index (χ2v) is 58.2. The Kier molecular flexibility index (Phi) is 30.2. The van der Waals surface area contributed by atoms with Crippen molar-refractivity contribution >= 4 is 77.3 Å². The molecule has 10 aliphatic heterocycles. The van der Waals surface area contributed by atoms with Gasteiger partial charge < -0.3 is 35.5 Å². The summed E-state index contributed by atoms with van der Waals surface area (Å²) in [5.41, 5.74) is 6.89. The molecule has 10 bridgehead atoms. The third-order valence-electron chi connectivity index (χ3n) is 17.9. The number of hydrogen-bond donors (Lipinski definition) is 3. The van der Waals surface area contributed by atoms with Crippen LogP contribution in [0.4, 0.5) is 0 Å². The summed E-state index contributed by atoms with van der Waals surface area (Å²) in [6.07, 6.45) is 24.0. The predicted molar refractivity (Wildman–Crippen MR) is 325 cm³/mol. The number of Topliss-reactive ketones (excluding diaryl/α,β-unsaturated/α-hetero) is 1. The van der Waals surface area contributed by atoms with E-state index in [2.05, 4.69) is 166 Å². The number of nitrogens with two attached hydrogens (primary N) is 1. The SMILES string of the molecule is C.C.C.C.CC(C)C(=O)NC1CC2CCC(C1)N2C.CN1C2CCC1CC(=NO)C2.CN1C2CCC1CC(=O)C2.CN1C2CCC1CC(N)C2.Cc1nnc(C(C)C)n1C1CC2CCC(C1)N2C.[I][V]([I])[I]. The van der Waals surface area contributed by atoms with Gasteiger partial charge in [0.15, 0.2) is 0 Å². The number of aryl methyl sites for hydroxylation is 1. The number of fused-ring (bicyclic) bond motifs is 10. The summed E-state index contributed by atoms with van der Waals surface area (Å²) in [5, 5.41) is 23.8. The molecule has 72 heavy (non-hydrogen) atoms. The number of nitrogens with zero attached hydrogens (tertiary/aromatic N) is 9. The Hall–Kier alpha value is 0.284. The molecule has 1 amide bonds. The monoisotopic (exact) mass is 1390 g/mol. The quantitative estimate of drug-likeness (QED) is 0.150. The van der Waals surface area contributed by atoms with Crippen LogP contribution in [0, 0.1) is 12.8 Å². The van der Waals surface area contributed by atoms with Crippen LogP contribution in [0.3, 0.4) is 0 Å². The van der Waals surface area contributed by atoms with Gasteiger partial charge in [-0.3, -0.25) is 19.4 Å². The van der Waals surface area contributed by atoms with Crippen molar-refractivity contribution in [3.8, 4) is 0 Å². The van der Waals surface area contributed by atoms with E-state index in [1.807, 2.05) is 13.8 Å². The van der Waals surface area contributed by atoms with Crippen molar-refractivity contribution in [2.45, 2.75) is 277 Å². The van der Waals surface area contributed by atoms with Gasteiger partial charge in [0.2, 0.25) is 5.91 Å². The van der Waals surface area contributed by atoms with Crippen LogP contribution in [-0.4, -0.2) is 170 Å². The standard InChI is InChI=1S/C14H24N4.C12H22N2O.C8H14N2O.C8H16N2.C8H13NO.4CH4.3HI.V/c1-9(2)14-16-15-10(3)18(14)13-7-11-5-6-12(8-13)17(11)4;1-8(2)12(15)13-9-6-10-4-5-11(7-9)14(10)3;1-10-7-2-3-8(10)5-6(4-7)9-11;1-10-7-2-3-8(10)5-6(9)4-7;1-9-6-2-3-7(9)5-8(10)4-6;;;;;;;;/h9,11-13H,5-8H2,1-4H3;8-11H,4-7H2,1-3H3,(H,13,15);7-8,11H,2-5H2,1H3;6-8H,2-5,9H2,1H3;6-7H,2-5H2,1H3;4*1H4;3*1H;/q;;;;;;;;;;;;+3/p-3. The molecule has 10 fully saturated rings. The van der Waals surface area contributed by atoms with E-state index < -0.39 is 0 Å². The van der Waals surface area contributed by atoms with Crippen LogP contribution < -0.4 is 11.1 Å². The molecule has 0 spiro atoms. The molecular weight excluding hydrogens is 1280 g/mol. The number of carbonyl (C=O) groups is 2. The van der Waals surface area contributed by atoms with Crippen LogP contribution in [-0.2, 0) is 14.5 Å². The molecule has 10 aliphatic rings. The van der Waals surface area contributed by atoms with Crippen molar-refractivity contribution < 1.29 is 19.7 Å². The molecule has 420 valence electrons. The van der Waals surface area contributed by atoms with Gasteiger partial charge in [0.1, 0.15) is 17.4 Å². The van der Waals surface area contributed by atoms with Crippen molar-refractivity contribution in [1.29, 1.82) is 0 Å². The van der Waals surface area contributed by atoms with E-state index in [0.717, 1.165) is 74.2 Å². The third-order valence-corrected chi connectivity index (χ3v) is 17.9. The number of oxime groups is 1. The van der Waals surface area contributed by atoms with Crippen LogP contribution >= 0.6 is 59.9 Å². The van der Waals surface area contributed by atoms with Crippen molar-refractivity contribution in [1.82, 2.24) is 44.6 Å². The van der Waals surface area contributed by atoms with E-state index in [-0.39, 0.29) is 46.5 Å². The van der Waals surface area contributed by atoms with Gasteiger partial charge in [-0.2, -0.15) is 0 Å². The molecule has 0 aliphatic carbocycles. The van der Waals surface area contributed by atoms with Gasteiger partial charge in [-0.25, -0.2) is 0 Å². The molecule has 0 aromatic carbocycles. The topological polar surface area (TPSA) is 152 Å². The minimum atomic E-state index is -0.278. The van der Waals surface area contributed by atoms with Gasteiger partial charge in [0, 0.05) is 116 Å². The summed E-state index contributed by atoms with van der Waals surface area (Å²) < 4.78 is 2.42. The first kappa shape index (κ1) is 68.4. The molecule has 4 N–H and O–H groups in total. The van der Waals surface area contributed by atoms with Crippen LogP contribution in [0.25, 0.3) is 0 Å². The fraction of sp³-hybridized carbons (Fsp3) is 0.907. The molecule has 1 aromatic rings. The minimum absolute atomic E-state index is 0. The second-order valence-electron chi connectivity index (χ2n) is 22.8. The first-order chi connectivity index (χ1) is 32.2. The Morgan fingerprint density at radius 1 is 0.597 bits per heavy atom. The molecule has 1 aromatic heterocycles. The molecule has 18 heteroatoms. The molecule has 11 rings (SSSR count).